The van der Waals surface area contributed by atoms with Crippen LogP contribution in [0.15, 0.2) is 48.5 Å². The van der Waals surface area contributed by atoms with Crippen LogP contribution >= 0.6 is 0 Å². The average Bonchev–Trinajstić information content (AvgIpc) is 2.69. The fourth-order valence-corrected chi connectivity index (χ4v) is 3.41. The molecule has 0 bridgehead atoms. The summed E-state index contributed by atoms with van der Waals surface area (Å²) in [4.78, 5) is 39.9. The van der Waals surface area contributed by atoms with E-state index in [-0.39, 0.29) is 11.3 Å². The van der Waals surface area contributed by atoms with Crippen molar-refractivity contribution in [3.8, 4) is 0 Å². The number of rotatable bonds is 5. The normalized spacial score (nSPS) is 13.9. The van der Waals surface area contributed by atoms with Gasteiger partial charge in [0.25, 0.3) is 5.91 Å². The molecule has 140 valence electrons. The van der Waals surface area contributed by atoms with E-state index in [1.54, 1.807) is 30.3 Å². The first-order valence-corrected chi connectivity index (χ1v) is 9.02. The number of Topliss-reactive ketones (excluding diaryl/α,β-unsaturated/α-hetero) is 1. The summed E-state index contributed by atoms with van der Waals surface area (Å²) in [7, 11) is 0. The van der Waals surface area contributed by atoms with Crippen LogP contribution in [0.4, 0.5) is 17.1 Å². The van der Waals surface area contributed by atoms with E-state index < -0.39 is 17.7 Å². The Bertz CT molecular complexity index is 872. The number of para-hydroxylation sites is 3. The van der Waals surface area contributed by atoms with E-state index in [4.69, 9.17) is 0 Å². The van der Waals surface area contributed by atoms with Crippen LogP contribution in [0.2, 0.25) is 0 Å². The molecule has 1 saturated heterocycles. The minimum absolute atomic E-state index is 0.0273. The summed E-state index contributed by atoms with van der Waals surface area (Å²) in [6.07, 6.45) is 3.28. The van der Waals surface area contributed by atoms with Crippen LogP contribution in [0.25, 0.3) is 0 Å². The SMILES string of the molecule is CC(=O)C(=O)N(c1ccccc1C(=O)O)c1ccccc1N1CCCCC1. The lowest BCUT2D eigenvalue weighted by Gasteiger charge is -2.33. The van der Waals surface area contributed by atoms with Gasteiger partial charge in [0, 0.05) is 20.0 Å². The summed E-state index contributed by atoms with van der Waals surface area (Å²) < 4.78 is 0. The van der Waals surface area contributed by atoms with Gasteiger partial charge in [-0.25, -0.2) is 4.79 Å². The lowest BCUT2D eigenvalue weighted by Crippen LogP contribution is -2.35. The number of hydrogen-bond acceptors (Lipinski definition) is 4. The molecular formula is C21H22N2O4. The van der Waals surface area contributed by atoms with Gasteiger partial charge in [0.15, 0.2) is 0 Å². The first-order valence-electron chi connectivity index (χ1n) is 9.02. The largest absolute Gasteiger partial charge is 0.478 e. The van der Waals surface area contributed by atoms with Gasteiger partial charge in [-0.2, -0.15) is 0 Å². The Labute approximate surface area is 158 Å². The number of piperidine rings is 1. The van der Waals surface area contributed by atoms with Crippen molar-refractivity contribution in [3.63, 3.8) is 0 Å². The van der Waals surface area contributed by atoms with E-state index in [1.165, 1.54) is 17.9 Å². The van der Waals surface area contributed by atoms with Gasteiger partial charge < -0.3 is 10.0 Å². The Kier molecular flexibility index (Phi) is 5.54. The van der Waals surface area contributed by atoms with Gasteiger partial charge in [0.05, 0.1) is 22.6 Å². The van der Waals surface area contributed by atoms with E-state index in [1.807, 2.05) is 12.1 Å². The molecule has 3 rings (SSSR count). The van der Waals surface area contributed by atoms with Gasteiger partial charge in [0.1, 0.15) is 0 Å². The highest BCUT2D eigenvalue weighted by atomic mass is 16.4. The van der Waals surface area contributed by atoms with Gasteiger partial charge >= 0.3 is 5.97 Å². The Hall–Kier alpha value is -3.15. The molecule has 1 aliphatic heterocycles. The van der Waals surface area contributed by atoms with Crippen molar-refractivity contribution in [2.75, 3.05) is 22.9 Å². The van der Waals surface area contributed by atoms with Crippen LogP contribution in [-0.4, -0.2) is 35.9 Å². The maximum absolute atomic E-state index is 12.8. The van der Waals surface area contributed by atoms with E-state index in [2.05, 4.69) is 4.90 Å². The van der Waals surface area contributed by atoms with Crippen LogP contribution in [0, 0.1) is 0 Å². The number of ketones is 1. The molecule has 2 aromatic carbocycles. The number of carboxylic acids is 1. The monoisotopic (exact) mass is 366 g/mol. The fraction of sp³-hybridized carbons (Fsp3) is 0.286. The van der Waals surface area contributed by atoms with E-state index in [0.29, 0.717) is 5.69 Å². The quantitative estimate of drug-likeness (QED) is 0.818. The third-order valence-electron chi connectivity index (χ3n) is 4.70. The second-order valence-corrected chi connectivity index (χ2v) is 6.56. The molecule has 1 N–H and O–H groups in total. The number of carboxylic acid groups (broad SMARTS) is 1. The van der Waals surface area contributed by atoms with Crippen LogP contribution in [-0.2, 0) is 9.59 Å². The lowest BCUT2D eigenvalue weighted by molar-refractivity contribution is -0.134. The zero-order chi connectivity index (χ0) is 19.4. The molecule has 6 nitrogen and oxygen atoms in total. The van der Waals surface area contributed by atoms with Crippen LogP contribution in [0.3, 0.4) is 0 Å². The van der Waals surface area contributed by atoms with Gasteiger partial charge in [-0.05, 0) is 43.5 Å². The predicted molar refractivity (Wildman–Crippen MR) is 104 cm³/mol. The first-order chi connectivity index (χ1) is 13.0. The zero-order valence-electron chi connectivity index (χ0n) is 15.2. The van der Waals surface area contributed by atoms with Crippen molar-refractivity contribution >= 4 is 34.7 Å². The number of carbonyl (C=O) groups is 3. The highest BCUT2D eigenvalue weighted by molar-refractivity contribution is 6.42. The minimum Gasteiger partial charge on any atom is -0.478 e. The number of nitrogens with zero attached hydrogens (tertiary/aromatic N) is 2. The number of amides is 1. The number of hydrogen-bond donors (Lipinski definition) is 1. The van der Waals surface area contributed by atoms with Crippen molar-refractivity contribution in [1.29, 1.82) is 0 Å². The summed E-state index contributed by atoms with van der Waals surface area (Å²) in [6, 6.07) is 13.6. The molecule has 1 amide bonds. The van der Waals surface area contributed by atoms with Gasteiger partial charge in [-0.1, -0.05) is 24.3 Å². The van der Waals surface area contributed by atoms with E-state index in [0.717, 1.165) is 38.0 Å². The number of carbonyl (C=O) groups excluding carboxylic acids is 2. The van der Waals surface area contributed by atoms with E-state index >= 15 is 0 Å². The van der Waals surface area contributed by atoms with Crippen LogP contribution < -0.4 is 9.80 Å². The molecular weight excluding hydrogens is 344 g/mol. The van der Waals surface area contributed by atoms with Gasteiger partial charge in [-0.15, -0.1) is 0 Å². The molecule has 0 aliphatic carbocycles. The fourth-order valence-electron chi connectivity index (χ4n) is 3.41. The number of anilines is 3. The molecule has 1 aliphatic rings. The average molecular weight is 366 g/mol. The molecule has 0 unspecified atom stereocenters. The lowest BCUT2D eigenvalue weighted by atomic mass is 10.1. The van der Waals surface area contributed by atoms with Gasteiger partial charge in [0.2, 0.25) is 5.78 Å². The first kappa shape index (κ1) is 18.6. The van der Waals surface area contributed by atoms with Crippen molar-refractivity contribution in [2.24, 2.45) is 0 Å². The molecule has 1 fully saturated rings. The van der Waals surface area contributed by atoms with Crippen LogP contribution in [0.1, 0.15) is 36.5 Å². The molecule has 2 aromatic rings. The Morgan fingerprint density at radius 3 is 2.11 bits per heavy atom. The predicted octanol–water partition coefficient (Wildman–Crippen LogP) is 3.63. The molecule has 0 aromatic heterocycles. The Morgan fingerprint density at radius 1 is 0.889 bits per heavy atom. The van der Waals surface area contributed by atoms with Crippen molar-refractivity contribution in [2.45, 2.75) is 26.2 Å². The zero-order valence-corrected chi connectivity index (χ0v) is 15.2. The highest BCUT2D eigenvalue weighted by Gasteiger charge is 2.29. The minimum atomic E-state index is -1.15. The summed E-state index contributed by atoms with van der Waals surface area (Å²) in [5, 5.41) is 9.57. The maximum atomic E-state index is 12.8. The molecule has 6 heteroatoms. The standard InChI is InChI=1S/C21H22N2O4/c1-15(24)20(25)23(17-10-4-3-9-16(17)21(26)27)19-12-6-5-11-18(19)22-13-7-2-8-14-22/h3-6,9-12H,2,7-8,13-14H2,1H3,(H,26,27). The smallest absolute Gasteiger partial charge is 0.337 e. The second kappa shape index (κ2) is 8.03. The number of benzene rings is 2. The van der Waals surface area contributed by atoms with Crippen molar-refractivity contribution in [1.82, 2.24) is 0 Å². The van der Waals surface area contributed by atoms with Gasteiger partial charge in [-0.3, -0.25) is 14.5 Å². The van der Waals surface area contributed by atoms with E-state index in [9.17, 15) is 19.5 Å². The van der Waals surface area contributed by atoms with Crippen molar-refractivity contribution < 1.29 is 19.5 Å². The summed E-state index contributed by atoms with van der Waals surface area (Å²) in [6.45, 7) is 2.92. The third-order valence-corrected chi connectivity index (χ3v) is 4.70. The Balaban J connectivity index is 2.18. The molecule has 0 saturated carbocycles. The topological polar surface area (TPSA) is 77.9 Å². The second-order valence-electron chi connectivity index (χ2n) is 6.56. The van der Waals surface area contributed by atoms with Crippen LogP contribution in [0.5, 0.6) is 0 Å². The summed E-state index contributed by atoms with van der Waals surface area (Å²) in [5.74, 6) is -2.56. The van der Waals surface area contributed by atoms with Crippen molar-refractivity contribution in [3.05, 3.63) is 54.1 Å². The number of aromatic carboxylic acids is 1. The highest BCUT2D eigenvalue weighted by Crippen LogP contribution is 2.37. The summed E-state index contributed by atoms with van der Waals surface area (Å²) >= 11 is 0. The molecule has 0 radical (unpaired) electrons. The third kappa shape index (κ3) is 3.84. The Morgan fingerprint density at radius 2 is 1.48 bits per heavy atom. The molecule has 1 heterocycles. The summed E-state index contributed by atoms with van der Waals surface area (Å²) in [5.41, 5.74) is 1.51. The molecule has 27 heavy (non-hydrogen) atoms. The molecule has 0 atom stereocenters. The molecule has 0 spiro atoms. The maximum Gasteiger partial charge on any atom is 0.337 e.